The number of amides is 1. The summed E-state index contributed by atoms with van der Waals surface area (Å²) in [6.07, 6.45) is -3.33. The van der Waals surface area contributed by atoms with Crippen LogP contribution >= 0.6 is 0 Å². The number of piperidine rings is 1. The summed E-state index contributed by atoms with van der Waals surface area (Å²) in [7, 11) is 0. The fraction of sp³-hybridized carbons (Fsp3) is 0.562. The molecule has 22 heavy (non-hydrogen) atoms. The van der Waals surface area contributed by atoms with Gasteiger partial charge >= 0.3 is 6.18 Å². The van der Waals surface area contributed by atoms with E-state index in [1.807, 2.05) is 0 Å². The smallest absolute Gasteiger partial charge is 0.416 e. The second kappa shape index (κ2) is 6.58. The Labute approximate surface area is 128 Å². The van der Waals surface area contributed by atoms with Crippen molar-refractivity contribution in [3.63, 3.8) is 0 Å². The summed E-state index contributed by atoms with van der Waals surface area (Å²) < 4.78 is 43.1. The number of nitrogens with zero attached hydrogens (tertiary/aromatic N) is 1. The Hall–Kier alpha value is -1.72. The van der Waals surface area contributed by atoms with E-state index in [2.05, 4.69) is 13.8 Å². The molecule has 6 heteroatoms. The highest BCUT2D eigenvalue weighted by Crippen LogP contribution is 2.31. The molecule has 0 radical (unpaired) electrons. The number of benzene rings is 1. The van der Waals surface area contributed by atoms with Crippen LogP contribution < -0.4 is 4.74 Å². The van der Waals surface area contributed by atoms with Crippen LogP contribution in [0.1, 0.15) is 25.8 Å². The maximum atomic E-state index is 12.6. The van der Waals surface area contributed by atoms with E-state index < -0.39 is 11.7 Å². The third-order valence-electron chi connectivity index (χ3n) is 3.75. The average molecular weight is 315 g/mol. The number of hydrogen-bond acceptors (Lipinski definition) is 2. The van der Waals surface area contributed by atoms with Crippen LogP contribution in [0.25, 0.3) is 0 Å². The molecule has 1 aromatic carbocycles. The van der Waals surface area contributed by atoms with E-state index in [0.29, 0.717) is 24.9 Å². The fourth-order valence-corrected chi connectivity index (χ4v) is 2.87. The SMILES string of the molecule is CC1CC(C)CN(C(=O)COc2cccc(C(F)(F)F)c2)C1. The van der Waals surface area contributed by atoms with Gasteiger partial charge in [0.2, 0.25) is 0 Å². The molecule has 1 aliphatic heterocycles. The van der Waals surface area contributed by atoms with Crippen molar-refractivity contribution in [2.24, 2.45) is 11.8 Å². The zero-order valence-electron chi connectivity index (χ0n) is 12.7. The molecule has 3 nitrogen and oxygen atoms in total. The Balaban J connectivity index is 1.94. The molecule has 2 rings (SSSR count). The van der Waals surface area contributed by atoms with E-state index in [1.165, 1.54) is 12.1 Å². The molecule has 0 bridgehead atoms. The van der Waals surface area contributed by atoms with Gasteiger partial charge in [0, 0.05) is 13.1 Å². The van der Waals surface area contributed by atoms with E-state index in [4.69, 9.17) is 4.74 Å². The summed E-state index contributed by atoms with van der Waals surface area (Å²) in [5, 5.41) is 0. The van der Waals surface area contributed by atoms with Gasteiger partial charge in [-0.15, -0.1) is 0 Å². The van der Waals surface area contributed by atoms with Gasteiger partial charge in [-0.1, -0.05) is 19.9 Å². The zero-order valence-corrected chi connectivity index (χ0v) is 12.7. The van der Waals surface area contributed by atoms with Crippen molar-refractivity contribution >= 4 is 5.91 Å². The highest BCUT2D eigenvalue weighted by molar-refractivity contribution is 5.77. The first-order valence-electron chi connectivity index (χ1n) is 7.33. The third kappa shape index (κ3) is 4.39. The quantitative estimate of drug-likeness (QED) is 0.853. The summed E-state index contributed by atoms with van der Waals surface area (Å²) >= 11 is 0. The number of carbonyl (C=O) groups excluding carboxylic acids is 1. The Bertz CT molecular complexity index is 520. The van der Waals surface area contributed by atoms with Crippen molar-refractivity contribution in [1.82, 2.24) is 4.90 Å². The molecule has 1 aromatic rings. The second-order valence-electron chi connectivity index (χ2n) is 6.06. The normalized spacial score (nSPS) is 22.5. The summed E-state index contributed by atoms with van der Waals surface area (Å²) in [5.74, 6) is 0.736. The first kappa shape index (κ1) is 16.6. The number of likely N-dealkylation sites (tertiary alicyclic amines) is 1. The van der Waals surface area contributed by atoms with E-state index in [1.54, 1.807) is 4.90 Å². The molecule has 0 saturated carbocycles. The Kier molecular flexibility index (Phi) is 4.98. The first-order valence-corrected chi connectivity index (χ1v) is 7.33. The van der Waals surface area contributed by atoms with E-state index >= 15 is 0 Å². The third-order valence-corrected chi connectivity index (χ3v) is 3.75. The second-order valence-corrected chi connectivity index (χ2v) is 6.06. The van der Waals surface area contributed by atoms with Crippen molar-refractivity contribution < 1.29 is 22.7 Å². The molecule has 1 aliphatic rings. The molecule has 122 valence electrons. The van der Waals surface area contributed by atoms with Gasteiger partial charge in [0.05, 0.1) is 5.56 Å². The molecule has 2 atom stereocenters. The minimum atomic E-state index is -4.42. The predicted octanol–water partition coefficient (Wildman–Crippen LogP) is 3.59. The molecular formula is C16H20F3NO2. The molecular weight excluding hydrogens is 295 g/mol. The lowest BCUT2D eigenvalue weighted by atomic mass is 9.92. The molecule has 1 heterocycles. The number of hydrogen-bond donors (Lipinski definition) is 0. The van der Waals surface area contributed by atoms with E-state index in [-0.39, 0.29) is 18.3 Å². The van der Waals surface area contributed by atoms with Crippen molar-refractivity contribution in [2.45, 2.75) is 26.4 Å². The molecule has 0 aliphatic carbocycles. The lowest BCUT2D eigenvalue weighted by Crippen LogP contribution is -2.44. The van der Waals surface area contributed by atoms with Gasteiger partial charge in [-0.05, 0) is 36.5 Å². The monoisotopic (exact) mass is 315 g/mol. The van der Waals surface area contributed by atoms with Gasteiger partial charge in [0.15, 0.2) is 6.61 Å². The van der Waals surface area contributed by atoms with Crippen molar-refractivity contribution in [2.75, 3.05) is 19.7 Å². The van der Waals surface area contributed by atoms with Gasteiger partial charge in [-0.2, -0.15) is 13.2 Å². The van der Waals surface area contributed by atoms with Crippen LogP contribution in [-0.4, -0.2) is 30.5 Å². The Morgan fingerprint density at radius 2 is 1.91 bits per heavy atom. The maximum Gasteiger partial charge on any atom is 0.416 e. The van der Waals surface area contributed by atoms with Crippen LogP contribution in [-0.2, 0) is 11.0 Å². The van der Waals surface area contributed by atoms with E-state index in [0.717, 1.165) is 18.6 Å². The molecule has 1 amide bonds. The number of ether oxygens (including phenoxy) is 1. The molecule has 2 unspecified atom stereocenters. The van der Waals surface area contributed by atoms with Crippen LogP contribution in [0.4, 0.5) is 13.2 Å². The largest absolute Gasteiger partial charge is 0.484 e. The Morgan fingerprint density at radius 3 is 2.50 bits per heavy atom. The van der Waals surface area contributed by atoms with Crippen LogP contribution in [0.15, 0.2) is 24.3 Å². The Morgan fingerprint density at radius 1 is 1.27 bits per heavy atom. The van der Waals surface area contributed by atoms with E-state index in [9.17, 15) is 18.0 Å². The molecule has 1 saturated heterocycles. The fourth-order valence-electron chi connectivity index (χ4n) is 2.87. The molecule has 0 N–H and O–H groups in total. The summed E-state index contributed by atoms with van der Waals surface area (Å²) in [6.45, 7) is 5.29. The summed E-state index contributed by atoms with van der Waals surface area (Å²) in [6, 6.07) is 4.58. The maximum absolute atomic E-state index is 12.6. The van der Waals surface area contributed by atoms with Crippen molar-refractivity contribution in [3.8, 4) is 5.75 Å². The van der Waals surface area contributed by atoms with Gasteiger partial charge in [-0.3, -0.25) is 4.79 Å². The summed E-state index contributed by atoms with van der Waals surface area (Å²) in [4.78, 5) is 13.9. The minimum Gasteiger partial charge on any atom is -0.484 e. The van der Waals surface area contributed by atoms with Crippen molar-refractivity contribution in [1.29, 1.82) is 0 Å². The topological polar surface area (TPSA) is 29.5 Å². The number of rotatable bonds is 3. The van der Waals surface area contributed by atoms with Gasteiger partial charge in [0.25, 0.3) is 5.91 Å². The molecule has 0 spiro atoms. The van der Waals surface area contributed by atoms with Crippen LogP contribution in [0.3, 0.4) is 0 Å². The predicted molar refractivity (Wildman–Crippen MR) is 76.5 cm³/mol. The average Bonchev–Trinajstić information content (AvgIpc) is 2.43. The van der Waals surface area contributed by atoms with Crippen LogP contribution in [0.5, 0.6) is 5.75 Å². The van der Waals surface area contributed by atoms with Gasteiger partial charge < -0.3 is 9.64 Å². The first-order chi connectivity index (χ1) is 10.3. The highest BCUT2D eigenvalue weighted by atomic mass is 19.4. The van der Waals surface area contributed by atoms with Gasteiger partial charge in [0.1, 0.15) is 5.75 Å². The van der Waals surface area contributed by atoms with Gasteiger partial charge in [-0.25, -0.2) is 0 Å². The standard InChI is InChI=1S/C16H20F3NO2/c1-11-6-12(2)9-20(8-11)15(21)10-22-14-5-3-4-13(7-14)16(17,18)19/h3-5,7,11-12H,6,8-10H2,1-2H3. The minimum absolute atomic E-state index is 0.0567. The van der Waals surface area contributed by atoms with Crippen LogP contribution in [0.2, 0.25) is 0 Å². The number of carbonyl (C=O) groups is 1. The number of halogens is 3. The lowest BCUT2D eigenvalue weighted by Gasteiger charge is -2.34. The number of alkyl halides is 3. The lowest BCUT2D eigenvalue weighted by molar-refractivity contribution is -0.137. The van der Waals surface area contributed by atoms with Crippen molar-refractivity contribution in [3.05, 3.63) is 29.8 Å². The summed E-state index contributed by atoms with van der Waals surface area (Å²) in [5.41, 5.74) is -0.780. The highest BCUT2D eigenvalue weighted by Gasteiger charge is 2.31. The van der Waals surface area contributed by atoms with Crippen LogP contribution in [0, 0.1) is 11.8 Å². The molecule has 1 fully saturated rings. The zero-order chi connectivity index (χ0) is 16.3. The molecule has 0 aromatic heterocycles.